The number of aryl methyl sites for hydroxylation is 1. The molecule has 1 aromatic carbocycles. The molecule has 2 aromatic heterocycles. The van der Waals surface area contributed by atoms with Crippen LogP contribution in [0.15, 0.2) is 55.1 Å². The summed E-state index contributed by atoms with van der Waals surface area (Å²) in [6.45, 7) is 7.13. The molecule has 3 rings (SSSR count). The first-order chi connectivity index (χ1) is 11.6. The maximum absolute atomic E-state index is 4.46. The van der Waals surface area contributed by atoms with Crippen LogP contribution in [0.1, 0.15) is 31.0 Å². The first-order valence-corrected chi connectivity index (χ1v) is 8.24. The second-order valence-electron chi connectivity index (χ2n) is 6.19. The van der Waals surface area contributed by atoms with Gasteiger partial charge in [0, 0.05) is 42.3 Å². The molecule has 24 heavy (non-hydrogen) atoms. The molecule has 1 N–H and O–H groups in total. The van der Waals surface area contributed by atoms with Crippen LogP contribution in [0, 0.1) is 6.92 Å². The van der Waals surface area contributed by atoms with Gasteiger partial charge in [0.25, 0.3) is 0 Å². The van der Waals surface area contributed by atoms with Crippen molar-refractivity contribution in [3.8, 4) is 11.4 Å². The summed E-state index contributed by atoms with van der Waals surface area (Å²) in [6.07, 6.45) is 7.73. The van der Waals surface area contributed by atoms with Crippen LogP contribution >= 0.6 is 0 Å². The van der Waals surface area contributed by atoms with E-state index in [1.807, 2.05) is 53.6 Å². The summed E-state index contributed by atoms with van der Waals surface area (Å²) in [5.41, 5.74) is 3.29. The van der Waals surface area contributed by atoms with Gasteiger partial charge in [-0.3, -0.25) is 4.68 Å². The highest BCUT2D eigenvalue weighted by molar-refractivity contribution is 5.53. The maximum atomic E-state index is 4.46. The first-order valence-electron chi connectivity index (χ1n) is 8.24. The zero-order valence-corrected chi connectivity index (χ0v) is 14.3. The molecule has 2 heterocycles. The number of rotatable bonds is 6. The number of hydrogen-bond acceptors (Lipinski definition) is 4. The highest BCUT2D eigenvalue weighted by atomic mass is 15.3. The van der Waals surface area contributed by atoms with Crippen LogP contribution in [-0.4, -0.2) is 25.8 Å². The summed E-state index contributed by atoms with van der Waals surface area (Å²) in [5.74, 6) is 0.757. The van der Waals surface area contributed by atoms with Crippen molar-refractivity contribution in [2.75, 3.05) is 0 Å². The standard InChI is InChI=1S/C19H23N5/c1-14-9-23-24(13-14)16(3)15(2)20-10-17-11-21-19(22-12-17)18-7-5-4-6-8-18/h4-9,11-13,15-16,20H,10H2,1-3H3/t15-,16-/m0/s1. The Morgan fingerprint density at radius 3 is 2.38 bits per heavy atom. The highest BCUT2D eigenvalue weighted by Crippen LogP contribution is 2.14. The van der Waals surface area contributed by atoms with E-state index in [-0.39, 0.29) is 12.1 Å². The molecule has 3 aromatic rings. The average Bonchev–Trinajstić information content (AvgIpc) is 3.06. The monoisotopic (exact) mass is 321 g/mol. The van der Waals surface area contributed by atoms with Crippen LogP contribution in [-0.2, 0) is 6.54 Å². The molecule has 0 saturated heterocycles. The second kappa shape index (κ2) is 7.36. The molecule has 124 valence electrons. The zero-order valence-electron chi connectivity index (χ0n) is 14.3. The largest absolute Gasteiger partial charge is 0.308 e. The van der Waals surface area contributed by atoms with Gasteiger partial charge in [-0.05, 0) is 26.3 Å². The lowest BCUT2D eigenvalue weighted by molar-refractivity contribution is 0.364. The predicted molar refractivity (Wildman–Crippen MR) is 95.4 cm³/mol. The van der Waals surface area contributed by atoms with Crippen molar-refractivity contribution in [1.29, 1.82) is 0 Å². The van der Waals surface area contributed by atoms with Gasteiger partial charge in [0.2, 0.25) is 0 Å². The lowest BCUT2D eigenvalue weighted by atomic mass is 10.1. The molecule has 0 spiro atoms. The SMILES string of the molecule is Cc1cnn([C@@H](C)[C@H](C)NCc2cnc(-c3ccccc3)nc2)c1. The van der Waals surface area contributed by atoms with Crippen molar-refractivity contribution < 1.29 is 0 Å². The Balaban J connectivity index is 1.58. The van der Waals surface area contributed by atoms with E-state index in [0.29, 0.717) is 0 Å². The fourth-order valence-electron chi connectivity index (χ4n) is 2.52. The fourth-order valence-corrected chi connectivity index (χ4v) is 2.52. The Bertz CT molecular complexity index is 764. The summed E-state index contributed by atoms with van der Waals surface area (Å²) in [5, 5.41) is 7.91. The minimum Gasteiger partial charge on any atom is -0.308 e. The molecule has 0 aliphatic rings. The molecule has 5 heteroatoms. The smallest absolute Gasteiger partial charge is 0.159 e. The van der Waals surface area contributed by atoms with Crippen molar-refractivity contribution in [3.63, 3.8) is 0 Å². The molecule has 5 nitrogen and oxygen atoms in total. The molecule has 0 bridgehead atoms. The third kappa shape index (κ3) is 3.86. The van der Waals surface area contributed by atoms with Crippen LogP contribution in [0.5, 0.6) is 0 Å². The molecular weight excluding hydrogens is 298 g/mol. The van der Waals surface area contributed by atoms with Gasteiger partial charge in [-0.2, -0.15) is 5.10 Å². The third-order valence-electron chi connectivity index (χ3n) is 4.24. The number of hydrogen-bond donors (Lipinski definition) is 1. The molecule has 2 atom stereocenters. The van der Waals surface area contributed by atoms with Gasteiger partial charge >= 0.3 is 0 Å². The van der Waals surface area contributed by atoms with Crippen molar-refractivity contribution in [2.24, 2.45) is 0 Å². The molecule has 0 radical (unpaired) electrons. The van der Waals surface area contributed by atoms with Crippen LogP contribution in [0.4, 0.5) is 0 Å². The molecule has 0 aliphatic carbocycles. The summed E-state index contributed by atoms with van der Waals surface area (Å²) >= 11 is 0. The van der Waals surface area contributed by atoms with Crippen molar-refractivity contribution in [1.82, 2.24) is 25.1 Å². The number of aromatic nitrogens is 4. The van der Waals surface area contributed by atoms with Gasteiger partial charge in [0.05, 0.1) is 12.2 Å². The van der Waals surface area contributed by atoms with Crippen molar-refractivity contribution in [2.45, 2.75) is 39.4 Å². The summed E-state index contributed by atoms with van der Waals surface area (Å²) in [7, 11) is 0. The van der Waals surface area contributed by atoms with E-state index >= 15 is 0 Å². The summed E-state index contributed by atoms with van der Waals surface area (Å²) in [4.78, 5) is 8.93. The predicted octanol–water partition coefficient (Wildman–Crippen LogP) is 3.39. The fraction of sp³-hybridized carbons (Fsp3) is 0.316. The van der Waals surface area contributed by atoms with E-state index in [1.165, 1.54) is 5.56 Å². The second-order valence-corrected chi connectivity index (χ2v) is 6.19. The topological polar surface area (TPSA) is 55.6 Å². The van der Waals surface area contributed by atoms with Crippen molar-refractivity contribution in [3.05, 3.63) is 66.2 Å². The Hall–Kier alpha value is -2.53. The van der Waals surface area contributed by atoms with E-state index in [1.54, 1.807) is 0 Å². The Morgan fingerprint density at radius 1 is 1.04 bits per heavy atom. The van der Waals surface area contributed by atoms with E-state index in [4.69, 9.17) is 0 Å². The van der Waals surface area contributed by atoms with Crippen LogP contribution in [0.3, 0.4) is 0 Å². The Labute approximate surface area is 142 Å². The molecule has 0 aliphatic heterocycles. The quantitative estimate of drug-likeness (QED) is 0.756. The number of benzene rings is 1. The zero-order chi connectivity index (χ0) is 16.9. The van der Waals surface area contributed by atoms with Crippen LogP contribution in [0.25, 0.3) is 11.4 Å². The minimum atomic E-state index is 0.281. The Kier molecular flexibility index (Phi) is 5.01. The van der Waals surface area contributed by atoms with Gasteiger partial charge in [-0.25, -0.2) is 9.97 Å². The van der Waals surface area contributed by atoms with Gasteiger partial charge < -0.3 is 5.32 Å². The lowest BCUT2D eigenvalue weighted by Gasteiger charge is -2.21. The van der Waals surface area contributed by atoms with Gasteiger partial charge in [0.1, 0.15) is 0 Å². The Morgan fingerprint density at radius 2 is 1.75 bits per heavy atom. The minimum absolute atomic E-state index is 0.281. The van der Waals surface area contributed by atoms with E-state index < -0.39 is 0 Å². The molecule has 0 amide bonds. The molecule has 0 unspecified atom stereocenters. The normalized spacial score (nSPS) is 13.6. The van der Waals surface area contributed by atoms with Gasteiger partial charge in [0.15, 0.2) is 5.82 Å². The third-order valence-corrected chi connectivity index (χ3v) is 4.24. The van der Waals surface area contributed by atoms with E-state index in [2.05, 4.69) is 47.4 Å². The first kappa shape index (κ1) is 16.3. The molecule has 0 fully saturated rings. The van der Waals surface area contributed by atoms with Gasteiger partial charge in [-0.1, -0.05) is 30.3 Å². The summed E-state index contributed by atoms with van der Waals surface area (Å²) in [6, 6.07) is 10.6. The lowest BCUT2D eigenvalue weighted by Crippen LogP contribution is -2.33. The van der Waals surface area contributed by atoms with Gasteiger partial charge in [-0.15, -0.1) is 0 Å². The molecular formula is C19H23N5. The van der Waals surface area contributed by atoms with E-state index in [9.17, 15) is 0 Å². The maximum Gasteiger partial charge on any atom is 0.159 e. The van der Waals surface area contributed by atoms with Crippen LogP contribution in [0.2, 0.25) is 0 Å². The number of nitrogens with zero attached hydrogens (tertiary/aromatic N) is 4. The molecule has 0 saturated carbocycles. The highest BCUT2D eigenvalue weighted by Gasteiger charge is 2.14. The number of nitrogens with one attached hydrogen (secondary N) is 1. The van der Waals surface area contributed by atoms with Crippen molar-refractivity contribution >= 4 is 0 Å². The average molecular weight is 321 g/mol. The van der Waals surface area contributed by atoms with Crippen LogP contribution < -0.4 is 5.32 Å². The van der Waals surface area contributed by atoms with E-state index in [0.717, 1.165) is 23.5 Å². The summed E-state index contributed by atoms with van der Waals surface area (Å²) < 4.78 is 2.00.